The molecule has 4 rings (SSSR count). The molecule has 0 aromatic heterocycles. The number of fused-ring (bicyclic) bond motifs is 1. The van der Waals surface area contributed by atoms with E-state index in [4.69, 9.17) is 9.47 Å². The predicted octanol–water partition coefficient (Wildman–Crippen LogP) is 3.29. The van der Waals surface area contributed by atoms with Gasteiger partial charge in [0, 0.05) is 18.3 Å². The standard InChI is InChI=1S/C22H22N2O4/c1-4-24-21(25)19(16-7-5-13(2)11-14(16)3)20(22(24)26)23-15-6-8-17-18(12-15)28-10-9-27-17/h5-8,11-12,23H,4,9-10H2,1-3H3. The lowest BCUT2D eigenvalue weighted by Crippen LogP contribution is -2.32. The van der Waals surface area contributed by atoms with Crippen molar-refractivity contribution in [2.24, 2.45) is 0 Å². The highest BCUT2D eigenvalue weighted by atomic mass is 16.6. The number of nitrogens with zero attached hydrogens (tertiary/aromatic N) is 1. The molecule has 2 aromatic rings. The number of amides is 2. The van der Waals surface area contributed by atoms with E-state index in [9.17, 15) is 9.59 Å². The monoisotopic (exact) mass is 378 g/mol. The Morgan fingerprint density at radius 2 is 1.71 bits per heavy atom. The Morgan fingerprint density at radius 1 is 0.964 bits per heavy atom. The summed E-state index contributed by atoms with van der Waals surface area (Å²) in [5.74, 6) is 0.690. The summed E-state index contributed by atoms with van der Waals surface area (Å²) in [4.78, 5) is 27.2. The van der Waals surface area contributed by atoms with Gasteiger partial charge in [0.05, 0.1) is 5.57 Å². The van der Waals surface area contributed by atoms with Gasteiger partial charge in [0.25, 0.3) is 11.8 Å². The zero-order chi connectivity index (χ0) is 19.8. The van der Waals surface area contributed by atoms with E-state index < -0.39 is 0 Å². The third-order valence-electron chi connectivity index (χ3n) is 4.95. The maximum atomic E-state index is 13.0. The molecule has 6 heteroatoms. The fourth-order valence-electron chi connectivity index (χ4n) is 3.59. The van der Waals surface area contributed by atoms with Gasteiger partial charge >= 0.3 is 0 Å². The lowest BCUT2D eigenvalue weighted by atomic mass is 9.97. The van der Waals surface area contributed by atoms with E-state index >= 15 is 0 Å². The summed E-state index contributed by atoms with van der Waals surface area (Å²) in [5, 5.41) is 3.16. The van der Waals surface area contributed by atoms with Gasteiger partial charge < -0.3 is 14.8 Å². The number of likely N-dealkylation sites (N-methyl/N-ethyl adjacent to an activating group) is 1. The fourth-order valence-corrected chi connectivity index (χ4v) is 3.59. The van der Waals surface area contributed by atoms with E-state index in [-0.39, 0.29) is 17.5 Å². The first-order valence-corrected chi connectivity index (χ1v) is 9.34. The molecule has 28 heavy (non-hydrogen) atoms. The molecule has 0 atom stereocenters. The number of aryl methyl sites for hydroxylation is 2. The quantitative estimate of drug-likeness (QED) is 0.827. The van der Waals surface area contributed by atoms with Crippen molar-refractivity contribution in [1.29, 1.82) is 0 Å². The van der Waals surface area contributed by atoms with E-state index in [1.165, 1.54) is 4.90 Å². The van der Waals surface area contributed by atoms with Crippen molar-refractivity contribution in [1.82, 2.24) is 4.90 Å². The summed E-state index contributed by atoms with van der Waals surface area (Å²) in [6.07, 6.45) is 0. The van der Waals surface area contributed by atoms with Crippen molar-refractivity contribution in [2.75, 3.05) is 25.1 Å². The molecule has 0 radical (unpaired) electrons. The molecule has 2 aromatic carbocycles. The Bertz CT molecular complexity index is 1010. The minimum atomic E-state index is -0.322. The molecule has 0 spiro atoms. The van der Waals surface area contributed by atoms with Crippen LogP contribution in [0.5, 0.6) is 11.5 Å². The predicted molar refractivity (Wildman–Crippen MR) is 106 cm³/mol. The van der Waals surface area contributed by atoms with Gasteiger partial charge in [-0.2, -0.15) is 0 Å². The molecule has 0 saturated heterocycles. The molecule has 0 aliphatic carbocycles. The maximum Gasteiger partial charge on any atom is 0.278 e. The van der Waals surface area contributed by atoms with Gasteiger partial charge in [0.15, 0.2) is 11.5 Å². The largest absolute Gasteiger partial charge is 0.486 e. The number of ether oxygens (including phenoxy) is 2. The number of rotatable bonds is 4. The van der Waals surface area contributed by atoms with Gasteiger partial charge in [-0.15, -0.1) is 0 Å². The molecule has 1 N–H and O–H groups in total. The van der Waals surface area contributed by atoms with Crippen LogP contribution >= 0.6 is 0 Å². The van der Waals surface area contributed by atoms with E-state index in [2.05, 4.69) is 5.32 Å². The van der Waals surface area contributed by atoms with E-state index in [0.717, 1.165) is 16.7 Å². The van der Waals surface area contributed by atoms with Crippen LogP contribution in [0.3, 0.4) is 0 Å². The Hall–Kier alpha value is -3.28. The molecular weight excluding hydrogens is 356 g/mol. The second-order valence-corrected chi connectivity index (χ2v) is 6.91. The third-order valence-corrected chi connectivity index (χ3v) is 4.95. The number of imide groups is 1. The fraction of sp³-hybridized carbons (Fsp3) is 0.273. The van der Waals surface area contributed by atoms with Crippen LogP contribution in [0.2, 0.25) is 0 Å². The first-order chi connectivity index (χ1) is 13.5. The summed E-state index contributed by atoms with van der Waals surface area (Å²) < 4.78 is 11.2. The molecule has 2 heterocycles. The van der Waals surface area contributed by atoms with Crippen LogP contribution in [-0.4, -0.2) is 36.5 Å². The molecule has 0 unspecified atom stereocenters. The highest BCUT2D eigenvalue weighted by Gasteiger charge is 2.38. The number of nitrogens with one attached hydrogen (secondary N) is 1. The minimum Gasteiger partial charge on any atom is -0.486 e. The SMILES string of the molecule is CCN1C(=O)C(Nc2ccc3c(c2)OCCO3)=C(c2ccc(C)cc2C)C1=O. The van der Waals surface area contributed by atoms with Crippen LogP contribution < -0.4 is 14.8 Å². The summed E-state index contributed by atoms with van der Waals surface area (Å²) in [5.41, 5.74) is 4.18. The summed E-state index contributed by atoms with van der Waals surface area (Å²) in [7, 11) is 0. The Kier molecular flexibility index (Phi) is 4.55. The van der Waals surface area contributed by atoms with Crippen molar-refractivity contribution >= 4 is 23.1 Å². The molecule has 2 aliphatic heterocycles. The number of hydrogen-bond acceptors (Lipinski definition) is 5. The number of carbonyl (C=O) groups excluding carboxylic acids is 2. The smallest absolute Gasteiger partial charge is 0.278 e. The van der Waals surface area contributed by atoms with Gasteiger partial charge in [-0.1, -0.05) is 23.8 Å². The molecule has 6 nitrogen and oxygen atoms in total. The molecule has 0 bridgehead atoms. The van der Waals surface area contributed by atoms with E-state index in [1.807, 2.05) is 38.1 Å². The van der Waals surface area contributed by atoms with E-state index in [1.54, 1.807) is 19.1 Å². The Morgan fingerprint density at radius 3 is 2.43 bits per heavy atom. The van der Waals surface area contributed by atoms with Crippen LogP contribution in [0.25, 0.3) is 5.57 Å². The Labute approximate surface area is 163 Å². The van der Waals surface area contributed by atoms with E-state index in [0.29, 0.717) is 42.5 Å². The van der Waals surface area contributed by atoms with Crippen LogP contribution in [0.4, 0.5) is 5.69 Å². The maximum absolute atomic E-state index is 13.0. The molecular formula is C22H22N2O4. The van der Waals surface area contributed by atoms with Crippen molar-refractivity contribution in [3.05, 3.63) is 58.8 Å². The van der Waals surface area contributed by atoms with Crippen LogP contribution in [0.15, 0.2) is 42.1 Å². The number of hydrogen-bond donors (Lipinski definition) is 1. The van der Waals surface area contributed by atoms with Gasteiger partial charge in [-0.3, -0.25) is 14.5 Å². The first kappa shape index (κ1) is 18.1. The zero-order valence-corrected chi connectivity index (χ0v) is 16.2. The molecule has 2 aliphatic rings. The molecule has 144 valence electrons. The van der Waals surface area contributed by atoms with Crippen molar-refractivity contribution < 1.29 is 19.1 Å². The average Bonchev–Trinajstić information content (AvgIpc) is 2.91. The molecule has 0 fully saturated rings. The summed E-state index contributed by atoms with van der Waals surface area (Å²) >= 11 is 0. The van der Waals surface area contributed by atoms with Crippen LogP contribution in [0, 0.1) is 13.8 Å². The van der Waals surface area contributed by atoms with Crippen molar-refractivity contribution in [2.45, 2.75) is 20.8 Å². The normalized spacial score (nSPS) is 16.0. The average molecular weight is 378 g/mol. The summed E-state index contributed by atoms with van der Waals surface area (Å²) in [6.45, 7) is 7.05. The minimum absolute atomic E-state index is 0.278. The van der Waals surface area contributed by atoms with Crippen molar-refractivity contribution in [3.8, 4) is 11.5 Å². The number of carbonyl (C=O) groups is 2. The zero-order valence-electron chi connectivity index (χ0n) is 16.2. The van der Waals surface area contributed by atoms with Crippen molar-refractivity contribution in [3.63, 3.8) is 0 Å². The highest BCUT2D eigenvalue weighted by molar-refractivity contribution is 6.36. The lowest BCUT2D eigenvalue weighted by molar-refractivity contribution is -0.136. The second kappa shape index (κ2) is 7.03. The van der Waals surface area contributed by atoms with Gasteiger partial charge in [0.1, 0.15) is 18.9 Å². The topological polar surface area (TPSA) is 67.9 Å². The molecule has 0 saturated carbocycles. The van der Waals surface area contributed by atoms with Gasteiger partial charge in [-0.25, -0.2) is 0 Å². The second-order valence-electron chi connectivity index (χ2n) is 6.91. The summed E-state index contributed by atoms with van der Waals surface area (Å²) in [6, 6.07) is 11.3. The lowest BCUT2D eigenvalue weighted by Gasteiger charge is -2.19. The number of anilines is 1. The van der Waals surface area contributed by atoms with Crippen LogP contribution in [-0.2, 0) is 9.59 Å². The Balaban J connectivity index is 1.79. The van der Waals surface area contributed by atoms with Crippen LogP contribution in [0.1, 0.15) is 23.6 Å². The van der Waals surface area contributed by atoms with Gasteiger partial charge in [0.2, 0.25) is 0 Å². The van der Waals surface area contributed by atoms with Gasteiger partial charge in [-0.05, 0) is 44.0 Å². The highest BCUT2D eigenvalue weighted by Crippen LogP contribution is 2.36. The third kappa shape index (κ3) is 3.01. The number of benzene rings is 2. The first-order valence-electron chi connectivity index (χ1n) is 9.34. The molecule has 2 amide bonds.